The van der Waals surface area contributed by atoms with Gasteiger partial charge in [0.2, 0.25) is 5.91 Å². The number of benzene rings is 1. The summed E-state index contributed by atoms with van der Waals surface area (Å²) in [4.78, 5) is 46.3. The Balaban J connectivity index is 1.84. The number of aromatic nitrogens is 2. The van der Waals surface area contributed by atoms with E-state index < -0.39 is 6.04 Å². The molecule has 1 aliphatic heterocycles. The first kappa shape index (κ1) is 26.3. The molecule has 2 aromatic heterocycles. The molecule has 8 heteroatoms. The molecule has 1 saturated heterocycles. The maximum atomic E-state index is 14.2. The van der Waals surface area contributed by atoms with E-state index >= 15 is 0 Å². The molecule has 2 atom stereocenters. The minimum Gasteiger partial charge on any atom is -0.381 e. The zero-order valence-corrected chi connectivity index (χ0v) is 21.6. The van der Waals surface area contributed by atoms with Crippen molar-refractivity contribution in [1.29, 1.82) is 0 Å². The molecular weight excluding hydrogens is 468 g/mol. The number of hydrogen-bond acceptors (Lipinski definition) is 5. The molecule has 0 radical (unpaired) electrons. The van der Waals surface area contributed by atoms with Gasteiger partial charge in [0.1, 0.15) is 6.04 Å². The third-order valence-corrected chi connectivity index (χ3v) is 7.06. The van der Waals surface area contributed by atoms with Crippen LogP contribution in [-0.2, 0) is 16.6 Å². The van der Waals surface area contributed by atoms with Gasteiger partial charge < -0.3 is 19.5 Å². The number of amides is 2. The first-order chi connectivity index (χ1) is 17.9. The van der Waals surface area contributed by atoms with Gasteiger partial charge in [0.05, 0.1) is 5.56 Å². The highest BCUT2D eigenvalue weighted by Gasteiger charge is 2.39. The van der Waals surface area contributed by atoms with Gasteiger partial charge in [0.25, 0.3) is 11.5 Å². The maximum absolute atomic E-state index is 14.2. The molecule has 1 aromatic carbocycles. The monoisotopic (exact) mass is 502 g/mol. The number of ether oxygens (including phenoxy) is 1. The lowest BCUT2D eigenvalue weighted by Crippen LogP contribution is -2.55. The largest absolute Gasteiger partial charge is 0.381 e. The molecule has 0 aliphatic carbocycles. The van der Waals surface area contributed by atoms with E-state index in [1.54, 1.807) is 44.4 Å². The highest BCUT2D eigenvalue weighted by atomic mass is 16.5. The highest BCUT2D eigenvalue weighted by Crippen LogP contribution is 2.30. The fourth-order valence-electron chi connectivity index (χ4n) is 5.11. The Hall–Kier alpha value is -3.78. The van der Waals surface area contributed by atoms with E-state index in [-0.39, 0.29) is 35.8 Å². The average molecular weight is 503 g/mol. The van der Waals surface area contributed by atoms with Gasteiger partial charge in [0.15, 0.2) is 0 Å². The molecule has 0 bridgehead atoms. The van der Waals surface area contributed by atoms with Crippen LogP contribution in [0.4, 0.5) is 0 Å². The molecule has 0 spiro atoms. The fourth-order valence-corrected chi connectivity index (χ4v) is 5.11. The minimum atomic E-state index is -0.700. The first-order valence-corrected chi connectivity index (χ1v) is 12.6. The molecule has 194 valence electrons. The van der Waals surface area contributed by atoms with Crippen molar-refractivity contribution in [3.05, 3.63) is 99.7 Å². The summed E-state index contributed by atoms with van der Waals surface area (Å²) in [6, 6.07) is 16.5. The fraction of sp³-hybridized carbons (Fsp3) is 0.379. The molecule has 3 aromatic rings. The van der Waals surface area contributed by atoms with Crippen LogP contribution in [-0.4, -0.2) is 59.1 Å². The number of nitrogens with zero attached hydrogens (tertiary/aromatic N) is 3. The number of nitrogens with one attached hydrogen (secondary N) is 1. The number of carbonyl (C=O) groups is 2. The van der Waals surface area contributed by atoms with Gasteiger partial charge in [-0.2, -0.15) is 0 Å². The molecular formula is C29H34N4O4. The predicted molar refractivity (Wildman–Crippen MR) is 141 cm³/mol. The van der Waals surface area contributed by atoms with Gasteiger partial charge in [-0.05, 0) is 49.4 Å². The minimum absolute atomic E-state index is 0.0635. The van der Waals surface area contributed by atoms with Crippen LogP contribution in [0.1, 0.15) is 45.9 Å². The van der Waals surface area contributed by atoms with Crippen LogP contribution in [0.2, 0.25) is 0 Å². The van der Waals surface area contributed by atoms with E-state index in [1.165, 1.54) is 4.57 Å². The summed E-state index contributed by atoms with van der Waals surface area (Å²) < 4.78 is 6.98. The molecule has 8 nitrogen and oxygen atoms in total. The third kappa shape index (κ3) is 5.97. The molecule has 1 fully saturated rings. The lowest BCUT2D eigenvalue weighted by atomic mass is 9.87. The Morgan fingerprint density at radius 2 is 1.84 bits per heavy atom. The van der Waals surface area contributed by atoms with Gasteiger partial charge in [-0.3, -0.25) is 19.4 Å². The molecule has 1 N–H and O–H groups in total. The molecule has 0 saturated carbocycles. The number of carbonyl (C=O) groups excluding carboxylic acids is 2. The van der Waals surface area contributed by atoms with Crippen LogP contribution in [0.15, 0.2) is 71.8 Å². The van der Waals surface area contributed by atoms with E-state index in [2.05, 4.69) is 10.3 Å². The normalized spacial score (nSPS) is 15.5. The van der Waals surface area contributed by atoms with E-state index in [0.717, 1.165) is 11.3 Å². The van der Waals surface area contributed by atoms with Crippen molar-refractivity contribution < 1.29 is 14.3 Å². The zero-order valence-electron chi connectivity index (χ0n) is 21.6. The number of likely N-dealkylation sites (N-methyl/N-ethyl adjacent to an activating group) is 1. The summed E-state index contributed by atoms with van der Waals surface area (Å²) in [5, 5.41) is 2.79. The number of hydrogen-bond donors (Lipinski definition) is 1. The van der Waals surface area contributed by atoms with Crippen LogP contribution >= 0.6 is 0 Å². The van der Waals surface area contributed by atoms with Gasteiger partial charge in [-0.1, -0.05) is 36.4 Å². The second-order valence-corrected chi connectivity index (χ2v) is 9.51. The summed E-state index contributed by atoms with van der Waals surface area (Å²) in [5.41, 5.74) is 2.49. The van der Waals surface area contributed by atoms with Crippen LogP contribution in [0.3, 0.4) is 0 Å². The van der Waals surface area contributed by atoms with Crippen molar-refractivity contribution in [2.45, 2.75) is 31.7 Å². The standard InChI is InChI=1S/C29H34N4O4/c1-20-17-23(18-32(3)28(20)35)29(36)33(26(27(34)30-2)22-12-15-37-16-13-22)19-24(21-9-5-4-6-10-21)25-11-7-8-14-31-25/h4-11,14,17-18,22,24,26H,12-13,15-16,19H2,1-3H3,(H,30,34)/t24?,26-/m0/s1. The number of pyridine rings is 2. The summed E-state index contributed by atoms with van der Waals surface area (Å²) in [7, 11) is 3.23. The van der Waals surface area contributed by atoms with Crippen molar-refractivity contribution in [2.75, 3.05) is 26.8 Å². The Labute approximate surface area is 217 Å². The van der Waals surface area contributed by atoms with Crippen LogP contribution in [0.25, 0.3) is 0 Å². The van der Waals surface area contributed by atoms with Crippen LogP contribution < -0.4 is 10.9 Å². The zero-order chi connectivity index (χ0) is 26.4. The smallest absolute Gasteiger partial charge is 0.256 e. The first-order valence-electron chi connectivity index (χ1n) is 12.6. The summed E-state index contributed by atoms with van der Waals surface area (Å²) in [5.74, 6) is -0.830. The predicted octanol–water partition coefficient (Wildman–Crippen LogP) is 2.90. The maximum Gasteiger partial charge on any atom is 0.256 e. The third-order valence-electron chi connectivity index (χ3n) is 7.06. The Kier molecular flexibility index (Phi) is 8.50. The van der Waals surface area contributed by atoms with Crippen molar-refractivity contribution in [1.82, 2.24) is 19.8 Å². The van der Waals surface area contributed by atoms with Gasteiger partial charge in [-0.15, -0.1) is 0 Å². The second-order valence-electron chi connectivity index (χ2n) is 9.51. The Morgan fingerprint density at radius 3 is 2.46 bits per heavy atom. The molecule has 2 amide bonds. The lowest BCUT2D eigenvalue weighted by Gasteiger charge is -2.39. The Bertz CT molecular complexity index is 1200. The molecule has 4 rings (SSSR count). The van der Waals surface area contributed by atoms with E-state index in [0.29, 0.717) is 37.2 Å². The van der Waals surface area contributed by atoms with E-state index in [4.69, 9.17) is 4.74 Å². The summed E-state index contributed by atoms with van der Waals surface area (Å²) in [6.45, 7) is 3.03. The second kappa shape index (κ2) is 12.0. The van der Waals surface area contributed by atoms with Crippen LogP contribution in [0.5, 0.6) is 0 Å². The van der Waals surface area contributed by atoms with Gasteiger partial charge in [-0.25, -0.2) is 0 Å². The van der Waals surface area contributed by atoms with Crippen molar-refractivity contribution in [3.63, 3.8) is 0 Å². The molecule has 3 heterocycles. The SMILES string of the molecule is CNC(=O)[C@H](C1CCOCC1)N(CC(c1ccccc1)c1ccccn1)C(=O)c1cc(C)c(=O)n(C)c1. The molecule has 37 heavy (non-hydrogen) atoms. The number of aryl methyl sites for hydroxylation is 2. The van der Waals surface area contributed by atoms with Gasteiger partial charge in [0, 0.05) is 63.4 Å². The highest BCUT2D eigenvalue weighted by molar-refractivity contribution is 5.97. The summed E-state index contributed by atoms with van der Waals surface area (Å²) in [6.07, 6.45) is 4.64. The lowest BCUT2D eigenvalue weighted by molar-refractivity contribution is -0.128. The van der Waals surface area contributed by atoms with E-state index in [9.17, 15) is 14.4 Å². The summed E-state index contributed by atoms with van der Waals surface area (Å²) >= 11 is 0. The topological polar surface area (TPSA) is 93.5 Å². The van der Waals surface area contributed by atoms with Crippen LogP contribution in [0, 0.1) is 12.8 Å². The van der Waals surface area contributed by atoms with Crippen molar-refractivity contribution in [2.24, 2.45) is 13.0 Å². The van der Waals surface area contributed by atoms with Crippen molar-refractivity contribution >= 4 is 11.8 Å². The van der Waals surface area contributed by atoms with Gasteiger partial charge >= 0.3 is 0 Å². The van der Waals surface area contributed by atoms with Crippen molar-refractivity contribution in [3.8, 4) is 0 Å². The molecule has 1 unspecified atom stereocenters. The molecule has 1 aliphatic rings. The number of rotatable bonds is 8. The van der Waals surface area contributed by atoms with E-state index in [1.807, 2.05) is 48.5 Å². The quantitative estimate of drug-likeness (QED) is 0.511. The average Bonchev–Trinajstić information content (AvgIpc) is 2.94. The Morgan fingerprint density at radius 1 is 1.14 bits per heavy atom.